The van der Waals surface area contributed by atoms with E-state index in [-0.39, 0.29) is 16.9 Å². The van der Waals surface area contributed by atoms with Gasteiger partial charge in [0.2, 0.25) is 0 Å². The number of nitrogen functional groups attached to an aromatic ring is 1. The van der Waals surface area contributed by atoms with Crippen molar-refractivity contribution in [3.05, 3.63) is 24.0 Å². The molecule has 4 heteroatoms. The normalized spacial score (nSPS) is 11.1. The summed E-state index contributed by atoms with van der Waals surface area (Å²) in [4.78, 5) is 0.848. The molecular formula is C12H15FN2S. The van der Waals surface area contributed by atoms with E-state index in [1.165, 1.54) is 17.8 Å². The average Bonchev–Trinajstić information content (AvgIpc) is 2.23. The maximum absolute atomic E-state index is 13.1. The van der Waals surface area contributed by atoms with E-state index in [1.807, 2.05) is 13.8 Å². The quantitative estimate of drug-likeness (QED) is 0.645. The summed E-state index contributed by atoms with van der Waals surface area (Å²) >= 11 is 1.54. The van der Waals surface area contributed by atoms with Crippen molar-refractivity contribution in [2.24, 2.45) is 5.41 Å². The zero-order valence-corrected chi connectivity index (χ0v) is 10.3. The number of benzene rings is 1. The second-order valence-electron chi connectivity index (χ2n) is 4.28. The van der Waals surface area contributed by atoms with Crippen molar-refractivity contribution in [1.29, 1.82) is 5.26 Å². The van der Waals surface area contributed by atoms with Gasteiger partial charge in [0.05, 0.1) is 17.2 Å². The molecule has 0 saturated heterocycles. The highest BCUT2D eigenvalue weighted by molar-refractivity contribution is 7.99. The lowest BCUT2D eigenvalue weighted by Gasteiger charge is -2.14. The molecule has 0 heterocycles. The van der Waals surface area contributed by atoms with Gasteiger partial charge in [0, 0.05) is 4.90 Å². The third kappa shape index (κ3) is 3.74. The van der Waals surface area contributed by atoms with Gasteiger partial charge in [-0.1, -0.05) is 0 Å². The molecule has 2 N–H and O–H groups in total. The molecule has 2 nitrogen and oxygen atoms in total. The van der Waals surface area contributed by atoms with Crippen LogP contribution in [0.1, 0.15) is 20.3 Å². The smallest absolute Gasteiger partial charge is 0.147 e. The Morgan fingerprint density at radius 1 is 1.50 bits per heavy atom. The topological polar surface area (TPSA) is 49.8 Å². The standard InChI is InChI=1S/C12H15FN2S/c1-12(2,8-14)5-6-16-9-3-4-11(15)10(13)7-9/h3-4,7H,5-6,15H2,1-2H3. The lowest BCUT2D eigenvalue weighted by Crippen LogP contribution is -2.08. The molecule has 0 atom stereocenters. The second-order valence-corrected chi connectivity index (χ2v) is 5.45. The summed E-state index contributed by atoms with van der Waals surface area (Å²) in [5.74, 6) is 0.411. The molecular weight excluding hydrogens is 223 g/mol. The SMILES string of the molecule is CC(C)(C#N)CCSc1ccc(N)c(F)c1. The monoisotopic (exact) mass is 238 g/mol. The fraction of sp³-hybridized carbons (Fsp3) is 0.417. The molecule has 0 saturated carbocycles. The highest BCUT2D eigenvalue weighted by Gasteiger charge is 2.15. The van der Waals surface area contributed by atoms with Crippen LogP contribution in [-0.2, 0) is 0 Å². The van der Waals surface area contributed by atoms with E-state index in [2.05, 4.69) is 6.07 Å². The molecule has 0 spiro atoms. The van der Waals surface area contributed by atoms with Gasteiger partial charge in [-0.25, -0.2) is 4.39 Å². The number of hydrogen-bond donors (Lipinski definition) is 1. The highest BCUT2D eigenvalue weighted by Crippen LogP contribution is 2.27. The first kappa shape index (κ1) is 12.9. The number of nitrogens with zero attached hydrogens (tertiary/aromatic N) is 1. The van der Waals surface area contributed by atoms with Gasteiger partial charge in [-0.05, 0) is 44.2 Å². The van der Waals surface area contributed by atoms with Crippen LogP contribution in [0.25, 0.3) is 0 Å². The molecule has 0 unspecified atom stereocenters. The van der Waals surface area contributed by atoms with Crippen molar-refractivity contribution < 1.29 is 4.39 Å². The lowest BCUT2D eigenvalue weighted by atomic mass is 9.93. The van der Waals surface area contributed by atoms with E-state index in [0.29, 0.717) is 0 Å². The van der Waals surface area contributed by atoms with Crippen molar-refractivity contribution in [3.8, 4) is 6.07 Å². The number of halogens is 1. The Morgan fingerprint density at radius 2 is 2.19 bits per heavy atom. The maximum Gasteiger partial charge on any atom is 0.147 e. The molecule has 0 bridgehead atoms. The summed E-state index contributed by atoms with van der Waals surface area (Å²) in [6, 6.07) is 7.03. The number of anilines is 1. The first-order valence-electron chi connectivity index (χ1n) is 5.04. The van der Waals surface area contributed by atoms with E-state index < -0.39 is 0 Å². The van der Waals surface area contributed by atoms with E-state index in [1.54, 1.807) is 12.1 Å². The predicted molar refractivity (Wildman–Crippen MR) is 65.5 cm³/mol. The van der Waals surface area contributed by atoms with Crippen LogP contribution in [0.3, 0.4) is 0 Å². The Morgan fingerprint density at radius 3 is 2.75 bits per heavy atom. The van der Waals surface area contributed by atoms with Crippen molar-refractivity contribution in [3.63, 3.8) is 0 Å². The molecule has 16 heavy (non-hydrogen) atoms. The molecule has 0 aromatic heterocycles. The van der Waals surface area contributed by atoms with Crippen LogP contribution in [0.2, 0.25) is 0 Å². The molecule has 0 amide bonds. The zero-order valence-electron chi connectivity index (χ0n) is 9.46. The van der Waals surface area contributed by atoms with E-state index >= 15 is 0 Å². The van der Waals surface area contributed by atoms with Crippen molar-refractivity contribution in [1.82, 2.24) is 0 Å². The Hall–Kier alpha value is -1.21. The van der Waals surface area contributed by atoms with Crippen LogP contribution in [-0.4, -0.2) is 5.75 Å². The number of rotatable bonds is 4. The van der Waals surface area contributed by atoms with Crippen LogP contribution in [0.15, 0.2) is 23.1 Å². The number of nitriles is 1. The van der Waals surface area contributed by atoms with Crippen molar-refractivity contribution >= 4 is 17.4 Å². The summed E-state index contributed by atoms with van der Waals surface area (Å²) in [5.41, 5.74) is 5.23. The van der Waals surface area contributed by atoms with Crippen LogP contribution in [0.4, 0.5) is 10.1 Å². The fourth-order valence-electron chi connectivity index (χ4n) is 1.08. The summed E-state index contributed by atoms with van der Waals surface area (Å²) in [6.45, 7) is 3.80. The molecule has 1 rings (SSSR count). The fourth-order valence-corrected chi connectivity index (χ4v) is 2.28. The predicted octanol–water partition coefficient (Wildman–Crippen LogP) is 3.44. The summed E-state index contributed by atoms with van der Waals surface area (Å²) in [6.07, 6.45) is 0.778. The first-order chi connectivity index (χ1) is 7.44. The summed E-state index contributed by atoms with van der Waals surface area (Å²) in [5, 5.41) is 8.84. The van der Waals surface area contributed by atoms with Crippen LogP contribution in [0.5, 0.6) is 0 Å². The minimum atomic E-state index is -0.385. The third-order valence-corrected chi connectivity index (χ3v) is 3.27. The molecule has 1 aromatic rings. The van der Waals surface area contributed by atoms with Crippen LogP contribution >= 0.6 is 11.8 Å². The molecule has 0 radical (unpaired) electrons. The molecule has 0 aliphatic carbocycles. The largest absolute Gasteiger partial charge is 0.396 e. The Labute approximate surface area is 99.6 Å². The van der Waals surface area contributed by atoms with Crippen molar-refractivity contribution in [2.75, 3.05) is 11.5 Å². The van der Waals surface area contributed by atoms with E-state index in [9.17, 15) is 4.39 Å². The molecule has 86 valence electrons. The number of nitrogens with two attached hydrogens (primary N) is 1. The first-order valence-corrected chi connectivity index (χ1v) is 6.02. The van der Waals surface area contributed by atoms with Gasteiger partial charge in [0.1, 0.15) is 5.82 Å². The Bertz CT molecular complexity index is 410. The average molecular weight is 238 g/mol. The molecule has 0 fully saturated rings. The molecule has 0 aliphatic heterocycles. The van der Waals surface area contributed by atoms with Gasteiger partial charge in [-0.3, -0.25) is 0 Å². The minimum absolute atomic E-state index is 0.168. The zero-order chi connectivity index (χ0) is 12.2. The van der Waals surface area contributed by atoms with E-state index in [0.717, 1.165) is 17.1 Å². The van der Waals surface area contributed by atoms with Crippen molar-refractivity contribution in [2.45, 2.75) is 25.2 Å². The summed E-state index contributed by atoms with van der Waals surface area (Å²) in [7, 11) is 0. The second kappa shape index (κ2) is 5.22. The number of hydrogen-bond acceptors (Lipinski definition) is 3. The maximum atomic E-state index is 13.1. The van der Waals surface area contributed by atoms with Gasteiger partial charge in [-0.15, -0.1) is 11.8 Å². The lowest BCUT2D eigenvalue weighted by molar-refractivity contribution is 0.482. The van der Waals surface area contributed by atoms with Crippen LogP contribution < -0.4 is 5.73 Å². The number of thioether (sulfide) groups is 1. The van der Waals surface area contributed by atoms with E-state index in [4.69, 9.17) is 11.0 Å². The Kier molecular flexibility index (Phi) is 4.19. The minimum Gasteiger partial charge on any atom is -0.396 e. The molecule has 0 aliphatic rings. The van der Waals surface area contributed by atoms with Gasteiger partial charge >= 0.3 is 0 Å². The third-order valence-electron chi connectivity index (χ3n) is 2.27. The van der Waals surface area contributed by atoms with Gasteiger partial charge in [0.25, 0.3) is 0 Å². The van der Waals surface area contributed by atoms with Gasteiger partial charge < -0.3 is 5.73 Å². The van der Waals surface area contributed by atoms with Gasteiger partial charge in [-0.2, -0.15) is 5.26 Å². The van der Waals surface area contributed by atoms with Gasteiger partial charge in [0.15, 0.2) is 0 Å². The molecule has 1 aromatic carbocycles. The van der Waals surface area contributed by atoms with Crippen LogP contribution in [0, 0.1) is 22.6 Å². The highest BCUT2D eigenvalue weighted by atomic mass is 32.2. The Balaban J connectivity index is 2.50. The summed E-state index contributed by atoms with van der Waals surface area (Å²) < 4.78 is 13.1.